The molecule has 24 heavy (non-hydrogen) atoms. The molecular weight excluding hydrogens is 333 g/mol. The van der Waals surface area contributed by atoms with Gasteiger partial charge in [-0.25, -0.2) is 0 Å². The summed E-state index contributed by atoms with van der Waals surface area (Å²) < 4.78 is 0. The van der Waals surface area contributed by atoms with Crippen molar-refractivity contribution >= 4 is 30.9 Å². The molecule has 0 aromatic heterocycles. The molecule has 0 amide bonds. The van der Waals surface area contributed by atoms with Gasteiger partial charge in [-0.15, -0.1) is 12.4 Å². The van der Waals surface area contributed by atoms with E-state index in [0.717, 1.165) is 6.42 Å². The van der Waals surface area contributed by atoms with E-state index in [9.17, 15) is 0 Å². The Bertz CT molecular complexity index is 752. The molecule has 0 heterocycles. The Labute approximate surface area is 151 Å². The van der Waals surface area contributed by atoms with Crippen molar-refractivity contribution in [1.29, 1.82) is 0 Å². The van der Waals surface area contributed by atoms with Gasteiger partial charge < -0.3 is 5.73 Å². The van der Waals surface area contributed by atoms with E-state index in [1.807, 2.05) is 0 Å². The minimum atomic E-state index is -0.463. The lowest BCUT2D eigenvalue weighted by molar-refractivity contribution is 0.726. The second-order valence-corrected chi connectivity index (χ2v) is 8.47. The summed E-state index contributed by atoms with van der Waals surface area (Å²) in [7, 11) is -0.463. The van der Waals surface area contributed by atoms with E-state index in [0.29, 0.717) is 5.66 Å². The van der Waals surface area contributed by atoms with Crippen LogP contribution in [-0.2, 0) is 6.42 Å². The summed E-state index contributed by atoms with van der Waals surface area (Å²) >= 11 is 0. The van der Waals surface area contributed by atoms with Crippen molar-refractivity contribution in [2.75, 3.05) is 0 Å². The largest absolute Gasteiger partial charge is 0.323 e. The molecular formula is C21H21ClNP. The van der Waals surface area contributed by atoms with Crippen LogP contribution in [0.2, 0.25) is 0 Å². The first-order valence-electron chi connectivity index (χ1n) is 8.07. The van der Waals surface area contributed by atoms with Crippen molar-refractivity contribution in [3.8, 4) is 0 Å². The highest BCUT2D eigenvalue weighted by Crippen LogP contribution is 2.50. The molecule has 0 saturated heterocycles. The Morgan fingerprint density at radius 3 is 1.75 bits per heavy atom. The molecule has 0 spiro atoms. The van der Waals surface area contributed by atoms with Gasteiger partial charge in [0.15, 0.2) is 0 Å². The van der Waals surface area contributed by atoms with Crippen molar-refractivity contribution in [3.05, 3.63) is 96.1 Å². The minimum Gasteiger partial charge on any atom is -0.323 e. The molecule has 3 heteroatoms. The van der Waals surface area contributed by atoms with E-state index in [1.54, 1.807) is 0 Å². The average Bonchev–Trinajstić information content (AvgIpc) is 2.94. The van der Waals surface area contributed by atoms with E-state index in [-0.39, 0.29) is 18.4 Å². The highest BCUT2D eigenvalue weighted by Gasteiger charge is 2.36. The Hall–Kier alpha value is -1.66. The fraction of sp³-hybridized carbons (Fsp3) is 0.143. The Morgan fingerprint density at radius 1 is 0.708 bits per heavy atom. The highest BCUT2D eigenvalue weighted by molar-refractivity contribution is 7.73. The van der Waals surface area contributed by atoms with Crippen LogP contribution < -0.4 is 16.3 Å². The van der Waals surface area contributed by atoms with Gasteiger partial charge in [0.25, 0.3) is 0 Å². The van der Waals surface area contributed by atoms with Gasteiger partial charge in [0.05, 0.1) is 0 Å². The summed E-state index contributed by atoms with van der Waals surface area (Å²) in [6.07, 6.45) is 1.08. The SMILES string of the molecule is Cl.NC1c2ccccc2CC1P(c1ccccc1)c1ccccc1. The Balaban J connectivity index is 0.00000169. The third-order valence-corrected chi connectivity index (χ3v) is 7.53. The van der Waals surface area contributed by atoms with Crippen molar-refractivity contribution in [1.82, 2.24) is 0 Å². The molecule has 0 saturated carbocycles. The van der Waals surface area contributed by atoms with E-state index in [4.69, 9.17) is 5.73 Å². The molecule has 1 nitrogen and oxygen atoms in total. The maximum Gasteiger partial charge on any atom is 0.0375 e. The number of nitrogens with two attached hydrogens (primary N) is 1. The van der Waals surface area contributed by atoms with Crippen LogP contribution in [0.4, 0.5) is 0 Å². The van der Waals surface area contributed by atoms with Crippen molar-refractivity contribution < 1.29 is 0 Å². The second kappa shape index (κ2) is 7.49. The molecule has 4 rings (SSSR count). The van der Waals surface area contributed by atoms with Gasteiger partial charge >= 0.3 is 0 Å². The molecule has 0 radical (unpaired) electrons. The van der Waals surface area contributed by atoms with Gasteiger partial charge in [-0.05, 0) is 36.1 Å². The zero-order valence-electron chi connectivity index (χ0n) is 13.4. The standard InChI is InChI=1S/C21H20NP.ClH/c22-21-19-14-8-7-9-16(19)15-20(21)23(17-10-3-1-4-11-17)18-12-5-2-6-13-18;/h1-14,20-21H,15,22H2;1H. The lowest BCUT2D eigenvalue weighted by atomic mass is 10.1. The third-order valence-electron chi connectivity index (χ3n) is 4.66. The molecule has 1 aliphatic carbocycles. The quantitative estimate of drug-likeness (QED) is 0.703. The Kier molecular flexibility index (Phi) is 5.36. The molecule has 0 aliphatic heterocycles. The van der Waals surface area contributed by atoms with Crippen LogP contribution in [-0.4, -0.2) is 5.66 Å². The maximum absolute atomic E-state index is 6.68. The first kappa shape index (κ1) is 17.2. The lowest BCUT2D eigenvalue weighted by Gasteiger charge is -2.28. The monoisotopic (exact) mass is 353 g/mol. The van der Waals surface area contributed by atoms with Crippen molar-refractivity contribution in [3.63, 3.8) is 0 Å². The fourth-order valence-electron chi connectivity index (χ4n) is 3.57. The molecule has 2 unspecified atom stereocenters. The van der Waals surface area contributed by atoms with Gasteiger partial charge in [-0.3, -0.25) is 0 Å². The number of halogens is 1. The number of hydrogen-bond acceptors (Lipinski definition) is 1. The predicted octanol–water partition coefficient (Wildman–Crippen LogP) is 4.17. The van der Waals surface area contributed by atoms with Crippen LogP contribution in [0.1, 0.15) is 17.2 Å². The Morgan fingerprint density at radius 2 is 1.21 bits per heavy atom. The third kappa shape index (κ3) is 3.13. The number of hydrogen-bond donors (Lipinski definition) is 1. The van der Waals surface area contributed by atoms with E-state index >= 15 is 0 Å². The van der Waals surface area contributed by atoms with E-state index < -0.39 is 7.92 Å². The summed E-state index contributed by atoms with van der Waals surface area (Å²) in [6.45, 7) is 0. The van der Waals surface area contributed by atoms with Crippen LogP contribution in [0.25, 0.3) is 0 Å². The summed E-state index contributed by atoms with van der Waals surface area (Å²) in [6, 6.07) is 30.6. The summed E-state index contributed by atoms with van der Waals surface area (Å²) in [4.78, 5) is 0. The first-order valence-corrected chi connectivity index (χ1v) is 9.48. The van der Waals surface area contributed by atoms with Crippen LogP contribution >= 0.6 is 20.3 Å². The van der Waals surface area contributed by atoms with Gasteiger partial charge in [0, 0.05) is 11.7 Å². The van der Waals surface area contributed by atoms with Crippen LogP contribution in [0.15, 0.2) is 84.9 Å². The smallest absolute Gasteiger partial charge is 0.0375 e. The number of fused-ring (bicyclic) bond motifs is 1. The van der Waals surface area contributed by atoms with Crippen molar-refractivity contribution in [2.45, 2.75) is 18.1 Å². The fourth-order valence-corrected chi connectivity index (χ4v) is 6.48. The highest BCUT2D eigenvalue weighted by atomic mass is 35.5. The zero-order chi connectivity index (χ0) is 15.6. The van der Waals surface area contributed by atoms with Crippen LogP contribution in [0.5, 0.6) is 0 Å². The lowest BCUT2D eigenvalue weighted by Crippen LogP contribution is -2.28. The van der Waals surface area contributed by atoms with Crippen LogP contribution in [0.3, 0.4) is 0 Å². The molecule has 2 atom stereocenters. The first-order chi connectivity index (χ1) is 11.3. The molecule has 0 bridgehead atoms. The molecule has 3 aromatic carbocycles. The second-order valence-electron chi connectivity index (χ2n) is 6.04. The summed E-state index contributed by atoms with van der Waals surface area (Å²) in [5.74, 6) is 0. The maximum atomic E-state index is 6.68. The zero-order valence-corrected chi connectivity index (χ0v) is 15.1. The normalized spacial score (nSPS) is 18.9. The number of benzene rings is 3. The topological polar surface area (TPSA) is 26.0 Å². The van der Waals surface area contributed by atoms with Crippen LogP contribution in [0, 0.1) is 0 Å². The van der Waals surface area contributed by atoms with Gasteiger partial charge in [-0.2, -0.15) is 0 Å². The molecule has 3 aromatic rings. The minimum absolute atomic E-state index is 0. The van der Waals surface area contributed by atoms with Crippen molar-refractivity contribution in [2.24, 2.45) is 5.73 Å². The summed E-state index contributed by atoms with van der Waals surface area (Å²) in [5.41, 5.74) is 9.90. The molecule has 0 fully saturated rings. The number of rotatable bonds is 3. The predicted molar refractivity (Wildman–Crippen MR) is 107 cm³/mol. The van der Waals surface area contributed by atoms with Gasteiger partial charge in [0.2, 0.25) is 0 Å². The molecule has 2 N–H and O–H groups in total. The molecule has 122 valence electrons. The van der Waals surface area contributed by atoms with Gasteiger partial charge in [-0.1, -0.05) is 84.9 Å². The van der Waals surface area contributed by atoms with Gasteiger partial charge in [0.1, 0.15) is 0 Å². The summed E-state index contributed by atoms with van der Waals surface area (Å²) in [5, 5.41) is 2.84. The average molecular weight is 354 g/mol. The van der Waals surface area contributed by atoms with E-state index in [2.05, 4.69) is 84.9 Å². The molecule has 1 aliphatic rings. The van der Waals surface area contributed by atoms with E-state index in [1.165, 1.54) is 21.7 Å².